The van der Waals surface area contributed by atoms with Gasteiger partial charge in [0.15, 0.2) is 5.17 Å². The first-order valence-electron chi connectivity index (χ1n) is 4.91. The van der Waals surface area contributed by atoms with Crippen molar-refractivity contribution in [3.8, 4) is 0 Å². The molecule has 78 valence electrons. The predicted octanol–water partition coefficient (Wildman–Crippen LogP) is 3.04. The van der Waals surface area contributed by atoms with Crippen LogP contribution in [0.15, 0.2) is 16.1 Å². The third-order valence-electron chi connectivity index (χ3n) is 2.39. The highest BCUT2D eigenvalue weighted by molar-refractivity contribution is 8.16. The normalized spacial score (nSPS) is 23.5. The highest BCUT2D eigenvalue weighted by atomic mass is 35.5. The molecule has 2 aliphatic rings. The molecule has 4 heteroatoms. The number of halogens is 1. The summed E-state index contributed by atoms with van der Waals surface area (Å²) in [6.07, 6.45) is 2.13. The summed E-state index contributed by atoms with van der Waals surface area (Å²) >= 11 is 7.44. The molecule has 2 heterocycles. The van der Waals surface area contributed by atoms with Crippen molar-refractivity contribution in [1.29, 1.82) is 0 Å². The fourth-order valence-corrected chi connectivity index (χ4v) is 2.98. The third-order valence-corrected chi connectivity index (χ3v) is 3.57. The first kappa shape index (κ1) is 10.4. The van der Waals surface area contributed by atoms with Gasteiger partial charge in [0.2, 0.25) is 0 Å². The van der Waals surface area contributed by atoms with Crippen LogP contribution in [-0.2, 0) is 0 Å². The van der Waals surface area contributed by atoms with Crippen molar-refractivity contribution in [2.45, 2.75) is 32.2 Å². The average molecular weight is 231 g/mol. The van der Waals surface area contributed by atoms with Crippen molar-refractivity contribution in [3.63, 3.8) is 0 Å². The third kappa shape index (κ3) is 1.94. The van der Waals surface area contributed by atoms with Crippen molar-refractivity contribution in [3.05, 3.63) is 11.1 Å². The van der Waals surface area contributed by atoms with E-state index in [1.54, 1.807) is 11.8 Å². The quantitative estimate of drug-likeness (QED) is 0.693. The van der Waals surface area contributed by atoms with Gasteiger partial charge in [-0.25, -0.2) is 0 Å². The molecule has 0 aromatic heterocycles. The van der Waals surface area contributed by atoms with Gasteiger partial charge in [-0.15, -0.1) is 11.6 Å². The largest absolute Gasteiger partial charge is 0.322 e. The molecule has 0 aromatic rings. The van der Waals surface area contributed by atoms with Crippen LogP contribution in [0.2, 0.25) is 0 Å². The predicted molar refractivity (Wildman–Crippen MR) is 63.8 cm³/mol. The van der Waals surface area contributed by atoms with Gasteiger partial charge < -0.3 is 4.90 Å². The second-order valence-electron chi connectivity index (χ2n) is 4.31. The lowest BCUT2D eigenvalue weighted by molar-refractivity contribution is 0.424. The van der Waals surface area contributed by atoms with Crippen molar-refractivity contribution < 1.29 is 0 Å². The van der Waals surface area contributed by atoms with E-state index in [1.165, 1.54) is 10.9 Å². The summed E-state index contributed by atoms with van der Waals surface area (Å²) in [5, 5.41) is 3.38. The Hall–Kier alpha value is -0.150. The Morgan fingerprint density at radius 2 is 2.43 bits per heavy atom. The monoisotopic (exact) mass is 230 g/mol. The molecule has 0 saturated heterocycles. The summed E-state index contributed by atoms with van der Waals surface area (Å²) < 4.78 is 0. The molecular formula is C10H15ClN2S. The van der Waals surface area contributed by atoms with Crippen molar-refractivity contribution in [1.82, 2.24) is 4.90 Å². The average Bonchev–Trinajstić information content (AvgIpc) is 2.57. The first-order chi connectivity index (χ1) is 6.62. The number of fused-ring (bicyclic) bond motifs is 1. The molecule has 2 aliphatic heterocycles. The lowest BCUT2D eigenvalue weighted by Gasteiger charge is -2.20. The van der Waals surface area contributed by atoms with Gasteiger partial charge in [0.1, 0.15) is 0 Å². The molecule has 0 atom stereocenters. The Balaban J connectivity index is 2.02. The van der Waals surface area contributed by atoms with Crippen LogP contribution in [0, 0.1) is 0 Å². The zero-order valence-electron chi connectivity index (χ0n) is 8.59. The van der Waals surface area contributed by atoms with Gasteiger partial charge in [0, 0.05) is 18.1 Å². The topological polar surface area (TPSA) is 15.6 Å². The molecule has 2 rings (SSSR count). The zero-order chi connectivity index (χ0) is 10.2. The van der Waals surface area contributed by atoms with Gasteiger partial charge >= 0.3 is 0 Å². The lowest BCUT2D eigenvalue weighted by Crippen LogP contribution is -2.28. The molecule has 0 radical (unpaired) electrons. The van der Waals surface area contributed by atoms with Crippen LogP contribution >= 0.6 is 23.4 Å². The highest BCUT2D eigenvalue weighted by Crippen LogP contribution is 2.36. The van der Waals surface area contributed by atoms with Gasteiger partial charge in [0.25, 0.3) is 0 Å². The zero-order valence-corrected chi connectivity index (χ0v) is 10.2. The number of rotatable bonds is 3. The van der Waals surface area contributed by atoms with E-state index in [0.29, 0.717) is 0 Å². The molecule has 14 heavy (non-hydrogen) atoms. The van der Waals surface area contributed by atoms with Crippen LogP contribution in [0.25, 0.3) is 0 Å². The summed E-state index contributed by atoms with van der Waals surface area (Å²) in [6, 6.07) is 0. The summed E-state index contributed by atoms with van der Waals surface area (Å²) in [5.41, 5.74) is 1.47. The summed E-state index contributed by atoms with van der Waals surface area (Å²) in [7, 11) is 0. The van der Waals surface area contributed by atoms with E-state index in [1.807, 2.05) is 0 Å². The van der Waals surface area contributed by atoms with Gasteiger partial charge in [0.05, 0.1) is 5.54 Å². The molecule has 0 fully saturated rings. The number of thioether (sulfide) groups is 1. The maximum absolute atomic E-state index is 5.70. The number of hydrogen-bond donors (Lipinski definition) is 0. The van der Waals surface area contributed by atoms with Crippen LogP contribution in [0.1, 0.15) is 26.7 Å². The Labute approximate surface area is 94.4 Å². The Morgan fingerprint density at radius 1 is 1.64 bits per heavy atom. The van der Waals surface area contributed by atoms with Crippen LogP contribution in [0.4, 0.5) is 0 Å². The minimum absolute atomic E-state index is 0.0861. The van der Waals surface area contributed by atoms with Gasteiger partial charge in [-0.2, -0.15) is 0 Å². The van der Waals surface area contributed by atoms with E-state index in [9.17, 15) is 0 Å². The van der Waals surface area contributed by atoms with Crippen molar-refractivity contribution in [2.24, 2.45) is 4.99 Å². The molecule has 0 aromatic carbocycles. The van der Waals surface area contributed by atoms with E-state index < -0.39 is 0 Å². The van der Waals surface area contributed by atoms with Crippen molar-refractivity contribution >= 4 is 28.5 Å². The van der Waals surface area contributed by atoms with E-state index in [-0.39, 0.29) is 5.54 Å². The smallest absolute Gasteiger partial charge is 0.168 e. The van der Waals surface area contributed by atoms with Crippen LogP contribution in [0.5, 0.6) is 0 Å². The summed E-state index contributed by atoms with van der Waals surface area (Å²) in [5.74, 6) is 0.742. The lowest BCUT2D eigenvalue weighted by atomic mass is 10.1. The molecule has 0 saturated carbocycles. The number of alkyl halides is 1. The van der Waals surface area contributed by atoms with Crippen LogP contribution < -0.4 is 0 Å². The number of amidine groups is 1. The molecule has 0 bridgehead atoms. The molecule has 0 amide bonds. The minimum Gasteiger partial charge on any atom is -0.322 e. The molecule has 0 aliphatic carbocycles. The van der Waals surface area contributed by atoms with Crippen molar-refractivity contribution in [2.75, 3.05) is 12.4 Å². The number of nitrogens with zero attached hydrogens (tertiary/aromatic N) is 2. The van der Waals surface area contributed by atoms with Gasteiger partial charge in [-0.3, -0.25) is 4.99 Å². The second kappa shape index (κ2) is 3.78. The standard InChI is InChI=1S/C10H15ClN2S/c1-10(2)7-13-8(4-3-5-11)6-14-9(13)12-10/h6H,3-5,7H2,1-2H3. The molecule has 0 spiro atoms. The van der Waals surface area contributed by atoms with Gasteiger partial charge in [-0.05, 0) is 32.1 Å². The first-order valence-corrected chi connectivity index (χ1v) is 6.33. The number of aliphatic imine (C=N–C) groups is 1. The highest BCUT2D eigenvalue weighted by Gasteiger charge is 2.35. The maximum atomic E-state index is 5.70. The summed E-state index contributed by atoms with van der Waals surface area (Å²) in [4.78, 5) is 6.99. The van der Waals surface area contributed by atoms with Gasteiger partial charge in [-0.1, -0.05) is 11.8 Å². The van der Waals surface area contributed by atoms with E-state index in [0.717, 1.165) is 25.3 Å². The fourth-order valence-electron chi connectivity index (χ4n) is 1.75. The van der Waals surface area contributed by atoms with Crippen LogP contribution in [-0.4, -0.2) is 28.0 Å². The minimum atomic E-state index is 0.0861. The molecular weight excluding hydrogens is 216 g/mol. The number of hydrogen-bond acceptors (Lipinski definition) is 3. The molecule has 2 nitrogen and oxygen atoms in total. The fraction of sp³-hybridized carbons (Fsp3) is 0.700. The maximum Gasteiger partial charge on any atom is 0.168 e. The summed E-state index contributed by atoms with van der Waals surface area (Å²) in [6.45, 7) is 5.37. The van der Waals surface area contributed by atoms with E-state index >= 15 is 0 Å². The van der Waals surface area contributed by atoms with E-state index in [2.05, 4.69) is 29.1 Å². The molecule has 0 N–H and O–H groups in total. The van der Waals surface area contributed by atoms with Crippen LogP contribution in [0.3, 0.4) is 0 Å². The second-order valence-corrected chi connectivity index (χ2v) is 5.53. The Morgan fingerprint density at radius 3 is 3.14 bits per heavy atom. The Kier molecular flexibility index (Phi) is 2.80. The molecule has 0 unspecified atom stereocenters. The SMILES string of the molecule is CC1(C)CN2C(CCCCl)=CSC2=N1. The van der Waals surface area contributed by atoms with E-state index in [4.69, 9.17) is 11.6 Å². The number of allylic oxidation sites excluding steroid dienone is 1. The Bertz CT molecular complexity index is 296.